The van der Waals surface area contributed by atoms with Crippen LogP contribution in [0.1, 0.15) is 19.4 Å². The van der Waals surface area contributed by atoms with Crippen LogP contribution in [0.4, 0.5) is 0 Å². The number of hydrogen-bond donors (Lipinski definition) is 0. The van der Waals surface area contributed by atoms with Gasteiger partial charge in [0, 0.05) is 0 Å². The molecule has 106 valence electrons. The van der Waals surface area contributed by atoms with E-state index >= 15 is 0 Å². The SMILES string of the molecule is COc1ccc(Cn2cc(OCC=C(C)C)cn2)cc1. The molecule has 20 heavy (non-hydrogen) atoms. The number of nitrogens with zero attached hydrogens (tertiary/aromatic N) is 2. The Balaban J connectivity index is 1.93. The van der Waals surface area contributed by atoms with Gasteiger partial charge in [-0.1, -0.05) is 17.7 Å². The van der Waals surface area contributed by atoms with Crippen molar-refractivity contribution in [2.24, 2.45) is 0 Å². The van der Waals surface area contributed by atoms with Crippen molar-refractivity contribution < 1.29 is 9.47 Å². The van der Waals surface area contributed by atoms with Crippen molar-refractivity contribution in [1.82, 2.24) is 9.78 Å². The second-order valence-corrected chi connectivity index (χ2v) is 4.81. The summed E-state index contributed by atoms with van der Waals surface area (Å²) in [7, 11) is 1.67. The minimum atomic E-state index is 0.580. The molecule has 2 aromatic rings. The summed E-state index contributed by atoms with van der Waals surface area (Å²) in [6.07, 6.45) is 5.69. The van der Waals surface area contributed by atoms with Crippen molar-refractivity contribution in [3.8, 4) is 11.5 Å². The second-order valence-electron chi connectivity index (χ2n) is 4.81. The summed E-state index contributed by atoms with van der Waals surface area (Å²) in [5.74, 6) is 1.65. The van der Waals surface area contributed by atoms with Crippen molar-refractivity contribution in [3.63, 3.8) is 0 Å². The van der Waals surface area contributed by atoms with Gasteiger partial charge in [-0.2, -0.15) is 5.10 Å². The van der Waals surface area contributed by atoms with Gasteiger partial charge < -0.3 is 9.47 Å². The Bertz CT molecular complexity index is 566. The first-order valence-corrected chi connectivity index (χ1v) is 6.59. The van der Waals surface area contributed by atoms with Gasteiger partial charge in [0.05, 0.1) is 26.0 Å². The van der Waals surface area contributed by atoms with Crippen LogP contribution in [0, 0.1) is 0 Å². The van der Waals surface area contributed by atoms with Crippen LogP contribution >= 0.6 is 0 Å². The van der Waals surface area contributed by atoms with Gasteiger partial charge in [0.15, 0.2) is 5.75 Å². The highest BCUT2D eigenvalue weighted by atomic mass is 16.5. The fraction of sp³-hybridized carbons (Fsp3) is 0.312. The van der Waals surface area contributed by atoms with Crippen LogP contribution in [0.2, 0.25) is 0 Å². The zero-order chi connectivity index (χ0) is 14.4. The average Bonchev–Trinajstić information content (AvgIpc) is 2.87. The van der Waals surface area contributed by atoms with Crippen LogP contribution in [-0.2, 0) is 6.54 Å². The molecular weight excluding hydrogens is 252 g/mol. The van der Waals surface area contributed by atoms with E-state index in [9.17, 15) is 0 Å². The monoisotopic (exact) mass is 272 g/mol. The lowest BCUT2D eigenvalue weighted by Gasteiger charge is -2.03. The van der Waals surface area contributed by atoms with Crippen LogP contribution < -0.4 is 9.47 Å². The summed E-state index contributed by atoms with van der Waals surface area (Å²) in [4.78, 5) is 0. The molecule has 0 fully saturated rings. The molecule has 0 amide bonds. The standard InChI is InChI=1S/C16H20N2O2/c1-13(2)8-9-20-16-10-17-18(12-16)11-14-4-6-15(19-3)7-5-14/h4-8,10,12H,9,11H2,1-3H3. The summed E-state index contributed by atoms with van der Waals surface area (Å²) in [5, 5.41) is 4.29. The van der Waals surface area contributed by atoms with Crippen molar-refractivity contribution in [3.05, 3.63) is 53.9 Å². The minimum absolute atomic E-state index is 0.580. The van der Waals surface area contributed by atoms with Crippen molar-refractivity contribution in [2.45, 2.75) is 20.4 Å². The first kappa shape index (κ1) is 14.2. The Morgan fingerprint density at radius 3 is 2.60 bits per heavy atom. The molecule has 1 aromatic carbocycles. The number of hydrogen-bond acceptors (Lipinski definition) is 3. The fourth-order valence-electron chi connectivity index (χ4n) is 1.73. The molecule has 0 N–H and O–H groups in total. The minimum Gasteiger partial charge on any atom is -0.497 e. The topological polar surface area (TPSA) is 36.3 Å². The molecule has 0 radical (unpaired) electrons. The molecule has 1 aromatic heterocycles. The summed E-state index contributed by atoms with van der Waals surface area (Å²) in [6.45, 7) is 5.40. The predicted octanol–water partition coefficient (Wildman–Crippen LogP) is 3.29. The van der Waals surface area contributed by atoms with Crippen LogP contribution in [0.5, 0.6) is 11.5 Å². The average molecular weight is 272 g/mol. The molecule has 0 saturated carbocycles. The largest absolute Gasteiger partial charge is 0.497 e. The molecule has 1 heterocycles. The van der Waals surface area contributed by atoms with Crippen LogP contribution in [0.3, 0.4) is 0 Å². The van der Waals surface area contributed by atoms with E-state index in [2.05, 4.69) is 18.9 Å². The normalized spacial score (nSPS) is 10.2. The summed E-state index contributed by atoms with van der Waals surface area (Å²) >= 11 is 0. The maximum absolute atomic E-state index is 5.59. The van der Waals surface area contributed by atoms with E-state index in [0.717, 1.165) is 18.0 Å². The van der Waals surface area contributed by atoms with Gasteiger partial charge in [-0.05, 0) is 37.6 Å². The van der Waals surface area contributed by atoms with E-state index in [0.29, 0.717) is 6.61 Å². The molecule has 4 nitrogen and oxygen atoms in total. The lowest BCUT2D eigenvalue weighted by molar-refractivity contribution is 0.361. The van der Waals surface area contributed by atoms with Gasteiger partial charge in [-0.3, -0.25) is 4.68 Å². The van der Waals surface area contributed by atoms with Gasteiger partial charge >= 0.3 is 0 Å². The van der Waals surface area contributed by atoms with Crippen LogP contribution in [0.15, 0.2) is 48.3 Å². The molecule has 2 rings (SSSR count). The van der Waals surface area contributed by atoms with Crippen LogP contribution in [0.25, 0.3) is 0 Å². The zero-order valence-corrected chi connectivity index (χ0v) is 12.2. The lowest BCUT2D eigenvalue weighted by Crippen LogP contribution is -1.99. The number of rotatable bonds is 6. The van der Waals surface area contributed by atoms with Gasteiger partial charge in [0.25, 0.3) is 0 Å². The van der Waals surface area contributed by atoms with Gasteiger partial charge in [0.1, 0.15) is 12.4 Å². The second kappa shape index (κ2) is 6.80. The molecule has 4 heteroatoms. The fourth-order valence-corrected chi connectivity index (χ4v) is 1.73. The number of allylic oxidation sites excluding steroid dienone is 1. The Labute approximate surface area is 119 Å². The maximum atomic E-state index is 5.59. The molecule has 0 bridgehead atoms. The summed E-state index contributed by atoms with van der Waals surface area (Å²) < 4.78 is 12.6. The Morgan fingerprint density at radius 1 is 1.20 bits per heavy atom. The Kier molecular flexibility index (Phi) is 4.82. The molecule has 0 saturated heterocycles. The van der Waals surface area contributed by atoms with Crippen molar-refractivity contribution >= 4 is 0 Å². The number of benzene rings is 1. The first-order valence-electron chi connectivity index (χ1n) is 6.59. The number of ether oxygens (including phenoxy) is 2. The molecule has 0 aliphatic rings. The van der Waals surface area contributed by atoms with E-state index in [4.69, 9.17) is 9.47 Å². The van der Waals surface area contributed by atoms with E-state index in [1.54, 1.807) is 13.3 Å². The van der Waals surface area contributed by atoms with Crippen molar-refractivity contribution in [1.29, 1.82) is 0 Å². The highest BCUT2D eigenvalue weighted by molar-refractivity contribution is 5.27. The predicted molar refractivity (Wildman–Crippen MR) is 79.2 cm³/mol. The van der Waals surface area contributed by atoms with Gasteiger partial charge in [-0.25, -0.2) is 0 Å². The number of methoxy groups -OCH3 is 1. The molecule has 0 unspecified atom stereocenters. The Hall–Kier alpha value is -2.23. The zero-order valence-electron chi connectivity index (χ0n) is 12.2. The first-order chi connectivity index (χ1) is 9.67. The quantitative estimate of drug-likeness (QED) is 0.757. The highest BCUT2D eigenvalue weighted by Crippen LogP contribution is 2.14. The molecule has 0 aliphatic carbocycles. The Morgan fingerprint density at radius 2 is 1.95 bits per heavy atom. The van der Waals surface area contributed by atoms with E-state index < -0.39 is 0 Å². The summed E-state index contributed by atoms with van der Waals surface area (Å²) in [5.41, 5.74) is 2.42. The third-order valence-electron chi connectivity index (χ3n) is 2.85. The molecule has 0 aliphatic heterocycles. The van der Waals surface area contributed by atoms with Crippen molar-refractivity contribution in [2.75, 3.05) is 13.7 Å². The lowest BCUT2D eigenvalue weighted by atomic mass is 10.2. The van der Waals surface area contributed by atoms with Gasteiger partial charge in [-0.15, -0.1) is 0 Å². The molecule has 0 spiro atoms. The van der Waals surface area contributed by atoms with Gasteiger partial charge in [0.2, 0.25) is 0 Å². The van der Waals surface area contributed by atoms with E-state index in [-0.39, 0.29) is 0 Å². The smallest absolute Gasteiger partial charge is 0.157 e. The summed E-state index contributed by atoms with van der Waals surface area (Å²) in [6, 6.07) is 7.96. The van der Waals surface area contributed by atoms with Crippen LogP contribution in [-0.4, -0.2) is 23.5 Å². The van der Waals surface area contributed by atoms with E-state index in [1.807, 2.05) is 41.2 Å². The highest BCUT2D eigenvalue weighted by Gasteiger charge is 2.00. The molecule has 0 atom stereocenters. The third kappa shape index (κ3) is 4.16. The molecular formula is C16H20N2O2. The number of aromatic nitrogens is 2. The third-order valence-corrected chi connectivity index (χ3v) is 2.85. The maximum Gasteiger partial charge on any atom is 0.157 e. The van der Waals surface area contributed by atoms with E-state index in [1.165, 1.54) is 11.1 Å².